The summed E-state index contributed by atoms with van der Waals surface area (Å²) in [6, 6.07) is 15.8. The number of amides is 2. The zero-order chi connectivity index (χ0) is 24.1. The summed E-state index contributed by atoms with van der Waals surface area (Å²) in [7, 11) is 0. The standard InChI is InChI=1S/C25H24N4O3S2/c1-3-16-10-11-18(4-2)19(14-16)22-23(28-32-27-22)26-21(30)12-13-29-24(31)20(34-25(29)33)15-17-8-6-5-7-9-17/h5-11,14-15H,3-4,12-13H2,1-2H3,(H,26,28,30)/b20-15-. The van der Waals surface area contributed by atoms with E-state index in [9.17, 15) is 9.59 Å². The highest BCUT2D eigenvalue weighted by molar-refractivity contribution is 8.26. The molecule has 2 aromatic carbocycles. The van der Waals surface area contributed by atoms with E-state index in [1.165, 1.54) is 16.7 Å². The molecule has 0 spiro atoms. The summed E-state index contributed by atoms with van der Waals surface area (Å²) in [5.41, 5.74) is 4.56. The molecular weight excluding hydrogens is 468 g/mol. The Morgan fingerprint density at radius 1 is 1.15 bits per heavy atom. The van der Waals surface area contributed by atoms with Crippen LogP contribution in [0.4, 0.5) is 5.82 Å². The van der Waals surface area contributed by atoms with E-state index < -0.39 is 0 Å². The van der Waals surface area contributed by atoms with Crippen molar-refractivity contribution < 1.29 is 14.2 Å². The largest absolute Gasteiger partial charge is 0.306 e. The maximum atomic E-state index is 12.8. The number of thioether (sulfide) groups is 1. The van der Waals surface area contributed by atoms with Gasteiger partial charge in [-0.15, -0.1) is 0 Å². The van der Waals surface area contributed by atoms with Crippen molar-refractivity contribution in [3.63, 3.8) is 0 Å². The van der Waals surface area contributed by atoms with Crippen LogP contribution in [0.3, 0.4) is 0 Å². The number of hydrogen-bond donors (Lipinski definition) is 1. The monoisotopic (exact) mass is 492 g/mol. The molecule has 4 rings (SSSR count). The van der Waals surface area contributed by atoms with E-state index >= 15 is 0 Å². The molecule has 0 atom stereocenters. The van der Waals surface area contributed by atoms with Crippen LogP contribution in [0.25, 0.3) is 17.3 Å². The lowest BCUT2D eigenvalue weighted by Crippen LogP contribution is -2.31. The van der Waals surface area contributed by atoms with E-state index in [0.717, 1.165) is 35.1 Å². The number of nitrogens with one attached hydrogen (secondary N) is 1. The molecule has 0 saturated carbocycles. The fourth-order valence-electron chi connectivity index (χ4n) is 3.62. The molecule has 174 valence electrons. The Labute approximate surface area is 207 Å². The molecule has 0 radical (unpaired) electrons. The number of aromatic nitrogens is 2. The van der Waals surface area contributed by atoms with Crippen LogP contribution in [0.2, 0.25) is 0 Å². The normalized spacial score (nSPS) is 14.8. The Hall–Kier alpha value is -3.30. The molecular formula is C25H24N4O3S2. The Kier molecular flexibility index (Phi) is 7.54. The van der Waals surface area contributed by atoms with E-state index in [1.807, 2.05) is 42.5 Å². The fraction of sp³-hybridized carbons (Fsp3) is 0.240. The van der Waals surface area contributed by atoms with Crippen molar-refractivity contribution in [1.29, 1.82) is 0 Å². The number of benzene rings is 2. The molecule has 0 unspecified atom stereocenters. The number of nitrogens with zero attached hydrogens (tertiary/aromatic N) is 3. The summed E-state index contributed by atoms with van der Waals surface area (Å²) >= 11 is 6.61. The molecule has 0 bridgehead atoms. The number of hydrogen-bond acceptors (Lipinski definition) is 7. The maximum absolute atomic E-state index is 12.8. The molecule has 7 nitrogen and oxygen atoms in total. The van der Waals surface area contributed by atoms with E-state index in [0.29, 0.717) is 14.9 Å². The van der Waals surface area contributed by atoms with Gasteiger partial charge in [0.1, 0.15) is 4.32 Å². The predicted molar refractivity (Wildman–Crippen MR) is 138 cm³/mol. The van der Waals surface area contributed by atoms with Crippen molar-refractivity contribution in [3.8, 4) is 11.3 Å². The first-order valence-corrected chi connectivity index (χ1v) is 12.3. The lowest BCUT2D eigenvalue weighted by atomic mass is 9.98. The minimum absolute atomic E-state index is 0.0625. The van der Waals surface area contributed by atoms with Crippen molar-refractivity contribution in [2.75, 3.05) is 11.9 Å². The molecule has 3 aromatic rings. The third kappa shape index (κ3) is 5.26. The molecule has 1 aromatic heterocycles. The van der Waals surface area contributed by atoms with Crippen LogP contribution in [-0.2, 0) is 22.4 Å². The Balaban J connectivity index is 1.42. The lowest BCUT2D eigenvalue weighted by molar-refractivity contribution is -0.122. The van der Waals surface area contributed by atoms with Gasteiger partial charge in [0.2, 0.25) is 11.7 Å². The van der Waals surface area contributed by atoms with Crippen LogP contribution in [0.5, 0.6) is 0 Å². The average Bonchev–Trinajstić information content (AvgIpc) is 3.41. The second-order valence-corrected chi connectivity index (χ2v) is 9.38. The highest BCUT2D eigenvalue weighted by Gasteiger charge is 2.32. The number of thiocarbonyl (C=S) groups is 1. The zero-order valence-electron chi connectivity index (χ0n) is 18.9. The van der Waals surface area contributed by atoms with Crippen LogP contribution in [0.1, 0.15) is 37.0 Å². The van der Waals surface area contributed by atoms with Crippen molar-refractivity contribution in [1.82, 2.24) is 15.2 Å². The van der Waals surface area contributed by atoms with Crippen molar-refractivity contribution in [3.05, 3.63) is 70.1 Å². The van der Waals surface area contributed by atoms with Gasteiger partial charge in [-0.3, -0.25) is 14.5 Å². The van der Waals surface area contributed by atoms with Gasteiger partial charge < -0.3 is 5.32 Å². The van der Waals surface area contributed by atoms with Gasteiger partial charge >= 0.3 is 0 Å². The van der Waals surface area contributed by atoms with E-state index in [2.05, 4.69) is 41.6 Å². The molecule has 1 aliphatic rings. The second-order valence-electron chi connectivity index (χ2n) is 7.70. The van der Waals surface area contributed by atoms with Gasteiger partial charge in [-0.05, 0) is 52.0 Å². The number of carbonyl (C=O) groups excluding carboxylic acids is 2. The smallest absolute Gasteiger partial charge is 0.266 e. The average molecular weight is 493 g/mol. The Morgan fingerprint density at radius 2 is 1.94 bits per heavy atom. The van der Waals surface area contributed by atoms with Gasteiger partial charge in [-0.1, -0.05) is 80.3 Å². The number of carbonyl (C=O) groups is 2. The molecule has 2 heterocycles. The first-order valence-electron chi connectivity index (χ1n) is 11.0. The van der Waals surface area contributed by atoms with E-state index in [1.54, 1.807) is 0 Å². The van der Waals surface area contributed by atoms with Gasteiger partial charge in [0.25, 0.3) is 5.91 Å². The Bertz CT molecular complexity index is 1250. The van der Waals surface area contributed by atoms with E-state index in [4.69, 9.17) is 16.8 Å². The summed E-state index contributed by atoms with van der Waals surface area (Å²) in [4.78, 5) is 27.5. The van der Waals surface area contributed by atoms with Crippen LogP contribution in [0, 0.1) is 0 Å². The van der Waals surface area contributed by atoms with E-state index in [-0.39, 0.29) is 30.6 Å². The van der Waals surface area contributed by atoms with Gasteiger partial charge in [-0.2, -0.15) is 0 Å². The fourth-order valence-corrected chi connectivity index (χ4v) is 4.93. The third-order valence-corrected chi connectivity index (χ3v) is 6.88. The molecule has 1 fully saturated rings. The highest BCUT2D eigenvalue weighted by Crippen LogP contribution is 2.33. The zero-order valence-corrected chi connectivity index (χ0v) is 20.5. The topological polar surface area (TPSA) is 88.3 Å². The van der Waals surface area contributed by atoms with Gasteiger partial charge in [0.05, 0.1) is 4.91 Å². The highest BCUT2D eigenvalue weighted by atomic mass is 32.2. The van der Waals surface area contributed by atoms with Gasteiger partial charge in [0, 0.05) is 18.5 Å². The Morgan fingerprint density at radius 3 is 2.68 bits per heavy atom. The summed E-state index contributed by atoms with van der Waals surface area (Å²) < 4.78 is 5.38. The number of rotatable bonds is 8. The quantitative estimate of drug-likeness (QED) is 0.346. The minimum Gasteiger partial charge on any atom is -0.306 e. The van der Waals surface area contributed by atoms with Gasteiger partial charge in [-0.25, -0.2) is 4.63 Å². The van der Waals surface area contributed by atoms with Crippen LogP contribution in [-0.4, -0.2) is 37.9 Å². The second kappa shape index (κ2) is 10.8. The lowest BCUT2D eigenvalue weighted by Gasteiger charge is -2.14. The van der Waals surface area contributed by atoms with Gasteiger partial charge in [0.15, 0.2) is 5.69 Å². The third-order valence-electron chi connectivity index (χ3n) is 5.50. The van der Waals surface area contributed by atoms with Crippen molar-refractivity contribution in [2.24, 2.45) is 0 Å². The predicted octanol–water partition coefficient (Wildman–Crippen LogP) is 5.09. The summed E-state index contributed by atoms with van der Waals surface area (Å²) in [5, 5.41) is 10.7. The summed E-state index contributed by atoms with van der Waals surface area (Å²) in [6.45, 7) is 4.32. The molecule has 9 heteroatoms. The summed E-state index contributed by atoms with van der Waals surface area (Å²) in [5.74, 6) is -0.232. The molecule has 1 saturated heterocycles. The number of anilines is 1. The minimum atomic E-state index is -0.303. The molecule has 0 aliphatic carbocycles. The first-order chi connectivity index (χ1) is 16.5. The van der Waals surface area contributed by atoms with Crippen LogP contribution < -0.4 is 5.32 Å². The summed E-state index contributed by atoms with van der Waals surface area (Å²) in [6.07, 6.45) is 3.56. The SMILES string of the molecule is CCc1ccc(CC)c(-c2nonc2NC(=O)CCN2C(=O)/C(=C/c3ccccc3)SC2=S)c1. The molecule has 2 amide bonds. The van der Waals surface area contributed by atoms with Crippen LogP contribution >= 0.6 is 24.0 Å². The molecule has 1 aliphatic heterocycles. The number of aryl methyl sites for hydroxylation is 2. The molecule has 1 N–H and O–H groups in total. The molecule has 34 heavy (non-hydrogen) atoms. The first kappa shape index (κ1) is 23.8. The van der Waals surface area contributed by atoms with Crippen LogP contribution in [0.15, 0.2) is 58.1 Å². The van der Waals surface area contributed by atoms with Crippen molar-refractivity contribution in [2.45, 2.75) is 33.1 Å². The maximum Gasteiger partial charge on any atom is 0.266 e. The van der Waals surface area contributed by atoms with Crippen molar-refractivity contribution >= 4 is 52.0 Å².